The molecule has 5 aliphatic rings. The number of hydrogen-bond donors (Lipinski definition) is 1. The predicted octanol–water partition coefficient (Wildman–Crippen LogP) is 2.75. The molecule has 3 fully saturated rings. The van der Waals surface area contributed by atoms with Gasteiger partial charge in [-0.1, -0.05) is 34.1 Å². The highest BCUT2D eigenvalue weighted by Gasteiger charge is 2.67. The molecular formula is C20H19BrN2O3. The zero-order valence-corrected chi connectivity index (χ0v) is 15.9. The minimum absolute atomic E-state index is 0.162. The second-order valence-electron chi connectivity index (χ2n) is 7.93. The van der Waals surface area contributed by atoms with Crippen LogP contribution in [0.3, 0.4) is 0 Å². The van der Waals surface area contributed by atoms with Crippen LogP contribution in [0.15, 0.2) is 34.8 Å². The summed E-state index contributed by atoms with van der Waals surface area (Å²) in [5.74, 6) is 0.357. The smallest absolute Gasteiger partial charge is 0.244 e. The van der Waals surface area contributed by atoms with Gasteiger partial charge in [0, 0.05) is 10.2 Å². The third-order valence-corrected chi connectivity index (χ3v) is 7.37. The molecule has 6 rings (SSSR count). The van der Waals surface area contributed by atoms with Crippen molar-refractivity contribution in [3.05, 3.63) is 40.4 Å². The quantitative estimate of drug-likeness (QED) is 0.610. The van der Waals surface area contributed by atoms with Crippen molar-refractivity contribution < 1.29 is 14.4 Å². The van der Waals surface area contributed by atoms with Crippen molar-refractivity contribution in [1.29, 1.82) is 0 Å². The molecule has 134 valence electrons. The number of carbonyl (C=O) groups excluding carboxylic acids is 3. The molecule has 0 unspecified atom stereocenters. The number of carbonyl (C=O) groups is 3. The normalized spacial score (nSPS) is 36.2. The van der Waals surface area contributed by atoms with Crippen LogP contribution < -0.4 is 5.32 Å². The number of benzene rings is 1. The molecular weight excluding hydrogens is 396 g/mol. The summed E-state index contributed by atoms with van der Waals surface area (Å²) >= 11 is 3.44. The number of halogens is 1. The number of amides is 3. The average molecular weight is 415 g/mol. The molecule has 1 aromatic rings. The molecule has 6 atom stereocenters. The summed E-state index contributed by atoms with van der Waals surface area (Å²) in [5, 5.41) is 2.78. The first-order valence-electron chi connectivity index (χ1n) is 9.05. The second kappa shape index (κ2) is 5.52. The van der Waals surface area contributed by atoms with Crippen LogP contribution in [0.5, 0.6) is 0 Å². The largest absolute Gasteiger partial charge is 0.324 e. The van der Waals surface area contributed by atoms with Gasteiger partial charge in [0.2, 0.25) is 17.7 Å². The standard InChI is InChI=1S/C20H19BrN2O3/c1-9-2-3-10(6-15(9)21)22-16(24)8-23-19(25)17-11-4-5-12(14-7-13(11)14)18(17)20(23)26/h2-6,11-14,17-18H,7-8H2,1H3,(H,22,24)/t11-,12-,13-,14-,17+,18+/m0/s1. The van der Waals surface area contributed by atoms with Crippen molar-refractivity contribution in [2.75, 3.05) is 11.9 Å². The number of anilines is 1. The summed E-state index contributed by atoms with van der Waals surface area (Å²) in [5.41, 5.74) is 1.71. The Labute approximate surface area is 159 Å². The van der Waals surface area contributed by atoms with Gasteiger partial charge in [-0.3, -0.25) is 19.3 Å². The van der Waals surface area contributed by atoms with Crippen molar-refractivity contribution in [2.24, 2.45) is 35.5 Å². The second-order valence-corrected chi connectivity index (χ2v) is 8.78. The maximum atomic E-state index is 12.9. The van der Waals surface area contributed by atoms with E-state index in [4.69, 9.17) is 0 Å². The molecule has 2 bridgehead atoms. The van der Waals surface area contributed by atoms with E-state index in [1.807, 2.05) is 25.1 Å². The Bertz CT molecular complexity index is 844. The Kier molecular flexibility index (Phi) is 3.45. The average Bonchev–Trinajstić information content (AvgIpc) is 3.39. The van der Waals surface area contributed by atoms with E-state index in [0.717, 1.165) is 16.5 Å². The van der Waals surface area contributed by atoms with Gasteiger partial charge in [0.05, 0.1) is 11.8 Å². The molecule has 26 heavy (non-hydrogen) atoms. The molecule has 0 radical (unpaired) electrons. The number of aryl methyl sites for hydroxylation is 1. The van der Waals surface area contributed by atoms with Gasteiger partial charge >= 0.3 is 0 Å². The Morgan fingerprint density at radius 3 is 2.35 bits per heavy atom. The number of likely N-dealkylation sites (tertiary alicyclic amines) is 1. The molecule has 0 spiro atoms. The van der Waals surface area contributed by atoms with Crippen molar-refractivity contribution in [3.8, 4) is 0 Å². The van der Waals surface area contributed by atoms with Crippen LogP contribution in [-0.4, -0.2) is 29.2 Å². The summed E-state index contributed by atoms with van der Waals surface area (Å²) in [7, 11) is 0. The molecule has 6 heteroatoms. The fourth-order valence-corrected chi connectivity index (χ4v) is 5.57. The van der Waals surface area contributed by atoms with Crippen molar-refractivity contribution in [3.63, 3.8) is 0 Å². The third-order valence-electron chi connectivity index (χ3n) is 6.51. The molecule has 0 aromatic heterocycles. The van der Waals surface area contributed by atoms with Gasteiger partial charge in [-0.15, -0.1) is 0 Å². The Balaban J connectivity index is 1.32. The van der Waals surface area contributed by atoms with Crippen LogP contribution in [0.1, 0.15) is 12.0 Å². The molecule has 4 aliphatic carbocycles. The van der Waals surface area contributed by atoms with Gasteiger partial charge < -0.3 is 5.32 Å². The first kappa shape index (κ1) is 16.2. The molecule has 3 amide bonds. The first-order valence-corrected chi connectivity index (χ1v) is 9.84. The molecule has 1 N–H and O–H groups in total. The lowest BCUT2D eigenvalue weighted by atomic mass is 9.63. The van der Waals surface area contributed by atoms with E-state index in [1.165, 1.54) is 4.90 Å². The Morgan fingerprint density at radius 1 is 1.15 bits per heavy atom. The lowest BCUT2D eigenvalue weighted by Crippen LogP contribution is -2.40. The summed E-state index contributed by atoms with van der Waals surface area (Å²) in [6.07, 6.45) is 5.41. The highest BCUT2D eigenvalue weighted by Crippen LogP contribution is 2.65. The van der Waals surface area contributed by atoms with E-state index in [0.29, 0.717) is 17.5 Å². The number of nitrogens with one attached hydrogen (secondary N) is 1. The van der Waals surface area contributed by atoms with Crippen LogP contribution in [0, 0.1) is 42.4 Å². The van der Waals surface area contributed by atoms with E-state index < -0.39 is 0 Å². The third kappa shape index (κ3) is 2.24. The topological polar surface area (TPSA) is 66.5 Å². The fraction of sp³-hybridized carbons (Fsp3) is 0.450. The SMILES string of the molecule is Cc1ccc(NC(=O)CN2C(=O)[C@@H]3[C@H]4C=C[C@@H]([C@@H]5C[C@@H]45)[C@H]3C2=O)cc1Br. The summed E-state index contributed by atoms with van der Waals surface area (Å²) in [6, 6.07) is 5.53. The summed E-state index contributed by atoms with van der Waals surface area (Å²) in [6.45, 7) is 1.76. The zero-order valence-electron chi connectivity index (χ0n) is 14.3. The summed E-state index contributed by atoms with van der Waals surface area (Å²) < 4.78 is 0.900. The van der Waals surface area contributed by atoms with Crippen molar-refractivity contribution in [1.82, 2.24) is 4.90 Å². The Hall–Kier alpha value is -1.95. The highest BCUT2D eigenvalue weighted by atomic mass is 79.9. The van der Waals surface area contributed by atoms with Gasteiger partial charge in [-0.05, 0) is 54.7 Å². The van der Waals surface area contributed by atoms with Gasteiger partial charge in [0.25, 0.3) is 0 Å². The minimum Gasteiger partial charge on any atom is -0.324 e. The van der Waals surface area contributed by atoms with E-state index in [-0.39, 0.29) is 47.9 Å². The van der Waals surface area contributed by atoms with E-state index in [2.05, 4.69) is 33.4 Å². The number of imide groups is 1. The van der Waals surface area contributed by atoms with E-state index in [9.17, 15) is 14.4 Å². The molecule has 1 saturated heterocycles. The van der Waals surface area contributed by atoms with Crippen LogP contribution in [0.25, 0.3) is 0 Å². The number of allylic oxidation sites excluding steroid dienone is 2. The number of nitrogens with zero attached hydrogens (tertiary/aromatic N) is 1. The Morgan fingerprint density at radius 2 is 1.77 bits per heavy atom. The van der Waals surface area contributed by atoms with Crippen LogP contribution in [0.4, 0.5) is 5.69 Å². The molecule has 1 aromatic carbocycles. The zero-order chi connectivity index (χ0) is 18.2. The molecule has 5 nitrogen and oxygen atoms in total. The molecule has 1 heterocycles. The number of rotatable bonds is 3. The lowest BCUT2D eigenvalue weighted by molar-refractivity contribution is -0.142. The van der Waals surface area contributed by atoms with Gasteiger partial charge in [-0.25, -0.2) is 0 Å². The molecule has 1 aliphatic heterocycles. The lowest BCUT2D eigenvalue weighted by Gasteiger charge is -2.37. The van der Waals surface area contributed by atoms with Crippen molar-refractivity contribution >= 4 is 39.3 Å². The van der Waals surface area contributed by atoms with Crippen LogP contribution in [0.2, 0.25) is 0 Å². The maximum Gasteiger partial charge on any atom is 0.244 e. The van der Waals surface area contributed by atoms with Crippen molar-refractivity contribution in [2.45, 2.75) is 13.3 Å². The fourth-order valence-electron chi connectivity index (χ4n) is 5.19. The van der Waals surface area contributed by atoms with E-state index >= 15 is 0 Å². The van der Waals surface area contributed by atoms with Crippen LogP contribution >= 0.6 is 15.9 Å². The molecule has 2 saturated carbocycles. The first-order chi connectivity index (χ1) is 12.5. The van der Waals surface area contributed by atoms with Gasteiger partial charge in [-0.2, -0.15) is 0 Å². The van der Waals surface area contributed by atoms with Gasteiger partial charge in [0.1, 0.15) is 6.54 Å². The maximum absolute atomic E-state index is 12.9. The number of hydrogen-bond acceptors (Lipinski definition) is 3. The predicted molar refractivity (Wildman–Crippen MR) is 98.9 cm³/mol. The monoisotopic (exact) mass is 414 g/mol. The minimum atomic E-state index is -0.341. The highest BCUT2D eigenvalue weighted by molar-refractivity contribution is 9.10. The van der Waals surface area contributed by atoms with Gasteiger partial charge in [0.15, 0.2) is 0 Å². The van der Waals surface area contributed by atoms with E-state index in [1.54, 1.807) is 0 Å². The summed E-state index contributed by atoms with van der Waals surface area (Å²) in [4.78, 5) is 39.4. The van der Waals surface area contributed by atoms with Crippen LogP contribution in [-0.2, 0) is 14.4 Å².